The molecule has 9 atom stereocenters. The third kappa shape index (κ3) is 19.9. The minimum atomic E-state index is -5.59. The third-order valence-electron chi connectivity index (χ3n) is 16.8. The summed E-state index contributed by atoms with van der Waals surface area (Å²) in [5.41, 5.74) is 8.67. The van der Waals surface area contributed by atoms with Crippen molar-refractivity contribution >= 4 is 46.9 Å². The van der Waals surface area contributed by atoms with E-state index in [0.29, 0.717) is 59.3 Å². The fourth-order valence-electron chi connectivity index (χ4n) is 12.1. The summed E-state index contributed by atoms with van der Waals surface area (Å²) in [7, 11) is 3.17. The molecule has 5 rings (SSSR count). The number of benzene rings is 2. The van der Waals surface area contributed by atoms with Crippen molar-refractivity contribution in [3.63, 3.8) is 0 Å². The van der Waals surface area contributed by atoms with Gasteiger partial charge in [0.25, 0.3) is 0 Å². The SMILES string of the molecule is CC(C)N[C@H](C(=O)N[C@@H](CCCNC(N)=O)C(=O)Nc1ccc(COC(=O)N(C)CCN(C)C(=O)Oc2ccc3c(c2)C[C@@H](CCCCCCCCC[S+]([O-])CCCC(F)(F)C(F)(F)F)[C@@H]2C3CC[C@]3(C)[C@@H](O)CC[C@@H]23)cc1)C(C)C. The first kappa shape index (κ1) is 66.9. The Morgan fingerprint density at radius 1 is 0.840 bits per heavy atom. The maximum absolute atomic E-state index is 13.5. The molecule has 16 nitrogen and oxygen atoms in total. The van der Waals surface area contributed by atoms with Crippen molar-refractivity contribution in [2.75, 3.05) is 50.6 Å². The summed E-state index contributed by atoms with van der Waals surface area (Å²) in [6, 6.07) is 10.6. The molecular weight excluding hydrogens is 1080 g/mol. The molecule has 3 aliphatic rings. The van der Waals surface area contributed by atoms with Crippen LogP contribution in [0.1, 0.15) is 160 Å². The molecule has 6 amide bonds. The van der Waals surface area contributed by atoms with Gasteiger partial charge in [0.05, 0.1) is 12.1 Å². The number of nitrogens with one attached hydrogen (secondary N) is 4. The first-order chi connectivity index (χ1) is 38.2. The van der Waals surface area contributed by atoms with Gasteiger partial charge in [-0.2, -0.15) is 22.0 Å². The van der Waals surface area contributed by atoms with Crippen LogP contribution < -0.4 is 31.7 Å². The number of primary amides is 1. The van der Waals surface area contributed by atoms with Crippen LogP contribution in [0.25, 0.3) is 0 Å². The van der Waals surface area contributed by atoms with E-state index >= 15 is 0 Å². The van der Waals surface area contributed by atoms with E-state index in [4.69, 9.17) is 15.2 Å². The number of halogens is 5. The average Bonchev–Trinajstić information content (AvgIpc) is 3.99. The number of amides is 6. The first-order valence-electron chi connectivity index (χ1n) is 29.1. The Balaban J connectivity index is 1.06. The lowest BCUT2D eigenvalue weighted by molar-refractivity contribution is -0.284. The summed E-state index contributed by atoms with van der Waals surface area (Å²) in [6.45, 7) is 10.5. The molecule has 2 aromatic carbocycles. The molecule has 2 saturated carbocycles. The summed E-state index contributed by atoms with van der Waals surface area (Å²) in [4.78, 5) is 67.2. The van der Waals surface area contributed by atoms with E-state index in [1.54, 1.807) is 38.4 Å². The van der Waals surface area contributed by atoms with Crippen molar-refractivity contribution in [3.8, 4) is 5.75 Å². The number of carbonyl (C=O) groups is 5. The van der Waals surface area contributed by atoms with Gasteiger partial charge in [0.15, 0.2) is 0 Å². The van der Waals surface area contributed by atoms with Crippen molar-refractivity contribution in [1.29, 1.82) is 0 Å². The number of ether oxygens (including phenoxy) is 2. The molecule has 81 heavy (non-hydrogen) atoms. The Labute approximate surface area is 478 Å². The van der Waals surface area contributed by atoms with Gasteiger partial charge in [0.2, 0.25) is 11.8 Å². The van der Waals surface area contributed by atoms with Crippen molar-refractivity contribution in [2.45, 2.75) is 193 Å². The highest BCUT2D eigenvalue weighted by molar-refractivity contribution is 7.91. The van der Waals surface area contributed by atoms with Gasteiger partial charge < -0.3 is 55.9 Å². The van der Waals surface area contributed by atoms with Crippen LogP contribution in [-0.4, -0.2) is 131 Å². The Morgan fingerprint density at radius 2 is 1.48 bits per heavy atom. The van der Waals surface area contributed by atoms with E-state index in [2.05, 4.69) is 34.3 Å². The van der Waals surface area contributed by atoms with Gasteiger partial charge in [-0.1, -0.05) is 96.1 Å². The molecule has 456 valence electrons. The highest BCUT2D eigenvalue weighted by Gasteiger charge is 2.57. The van der Waals surface area contributed by atoms with E-state index < -0.39 is 72.3 Å². The van der Waals surface area contributed by atoms with Crippen LogP contribution in [0, 0.1) is 29.1 Å². The predicted molar refractivity (Wildman–Crippen MR) is 303 cm³/mol. The zero-order valence-electron chi connectivity index (χ0n) is 48.5. The van der Waals surface area contributed by atoms with E-state index in [-0.39, 0.29) is 67.8 Å². The number of aliphatic hydroxyl groups excluding tert-OH is 1. The molecule has 0 heterocycles. The molecule has 2 aromatic rings. The molecule has 2 fully saturated rings. The Hall–Kier alpha value is -4.93. The summed E-state index contributed by atoms with van der Waals surface area (Å²) >= 11 is -1.42. The normalized spacial score (nSPS) is 21.7. The smallest absolute Gasteiger partial charge is 0.453 e. The van der Waals surface area contributed by atoms with Crippen LogP contribution in [0.2, 0.25) is 0 Å². The van der Waals surface area contributed by atoms with E-state index in [1.807, 2.05) is 39.8 Å². The van der Waals surface area contributed by atoms with Crippen LogP contribution in [0.15, 0.2) is 42.5 Å². The molecule has 0 bridgehead atoms. The second-order valence-electron chi connectivity index (χ2n) is 23.7. The predicted octanol–water partition coefficient (Wildman–Crippen LogP) is 10.6. The zero-order chi connectivity index (χ0) is 59.7. The molecule has 0 radical (unpaired) electrons. The highest BCUT2D eigenvalue weighted by atomic mass is 32.2. The summed E-state index contributed by atoms with van der Waals surface area (Å²) in [5.74, 6) is -3.38. The molecular formula is C59H90F5N7O9S. The fraction of sp³-hybridized carbons (Fsp3) is 0.712. The molecule has 22 heteroatoms. The van der Waals surface area contributed by atoms with Crippen molar-refractivity contribution < 1.29 is 65.1 Å². The second-order valence-corrected chi connectivity index (χ2v) is 25.4. The van der Waals surface area contributed by atoms with Crippen LogP contribution in [0.3, 0.4) is 0 Å². The number of hydrogen-bond donors (Lipinski definition) is 6. The maximum Gasteiger partial charge on any atom is 0.453 e. The first-order valence-corrected chi connectivity index (χ1v) is 30.6. The Kier molecular flexibility index (Phi) is 25.7. The fourth-order valence-corrected chi connectivity index (χ4v) is 13.3. The topological polar surface area (TPSA) is 228 Å². The summed E-state index contributed by atoms with van der Waals surface area (Å²) in [6.07, 6.45) is 3.90. The number of rotatable bonds is 31. The minimum absolute atomic E-state index is 0.0351. The number of nitrogens with two attached hydrogens (primary N) is 1. The third-order valence-corrected chi connectivity index (χ3v) is 18.3. The van der Waals surface area contributed by atoms with Gasteiger partial charge in [0, 0.05) is 51.9 Å². The number of hydrogen-bond acceptors (Lipinski definition) is 10. The van der Waals surface area contributed by atoms with E-state index in [9.17, 15) is 55.6 Å². The second kappa shape index (κ2) is 31.1. The lowest BCUT2D eigenvalue weighted by Gasteiger charge is -2.53. The van der Waals surface area contributed by atoms with Crippen LogP contribution in [-0.2, 0) is 38.5 Å². The number of carbonyl (C=O) groups excluding carboxylic acids is 5. The summed E-state index contributed by atoms with van der Waals surface area (Å²) in [5, 5.41) is 22.6. The molecule has 3 aliphatic carbocycles. The number of alkyl halides is 5. The largest absolute Gasteiger partial charge is 0.616 e. The number of unbranched alkanes of at least 4 members (excludes halogenated alkanes) is 6. The Morgan fingerprint density at radius 3 is 2.12 bits per heavy atom. The standard InChI is InChI=1S/C59H90F5N7O9S/c1-38(2)51(67-39(3)4)53(74)69-48(18-15-30-66-54(65)75)52(73)68-43-21-19-40(20-22-43)37-79-55(76)70(6)31-32-71(7)56(77)80-44-23-24-45-42(36-44)35-41(50-46(45)27-29-57(5)47(50)25-26-49(57)72)17-13-11-9-8-10-12-14-33-81(78)34-16-28-58(60,61)59(62,63)64/h19-24,36,38-39,41,46-51,67,72H,8-18,25-35,37H2,1-7H3,(H,68,73)(H,69,74)(H3,65,66,75)/t41-,46?,47+,48+,49+,50-,51+,57+,81?/m1/s1. The van der Waals surface area contributed by atoms with Crippen molar-refractivity contribution in [3.05, 3.63) is 59.2 Å². The van der Waals surface area contributed by atoms with Gasteiger partial charge in [-0.15, -0.1) is 0 Å². The van der Waals surface area contributed by atoms with Gasteiger partial charge in [0.1, 0.15) is 29.9 Å². The number of anilines is 1. The van der Waals surface area contributed by atoms with E-state index in [0.717, 1.165) is 77.0 Å². The van der Waals surface area contributed by atoms with Crippen LogP contribution in [0.4, 0.5) is 42.0 Å². The van der Waals surface area contributed by atoms with Gasteiger partial charge in [-0.05, 0) is 147 Å². The number of nitrogens with zero attached hydrogens (tertiary/aromatic N) is 2. The van der Waals surface area contributed by atoms with Gasteiger partial charge in [-0.3, -0.25) is 9.59 Å². The molecule has 0 aliphatic heterocycles. The minimum Gasteiger partial charge on any atom is -0.616 e. The maximum atomic E-state index is 13.5. The van der Waals surface area contributed by atoms with Crippen LogP contribution >= 0.6 is 0 Å². The lowest BCUT2D eigenvalue weighted by Crippen LogP contribution is -2.54. The zero-order valence-corrected chi connectivity index (χ0v) is 49.3. The number of aliphatic hydroxyl groups is 1. The number of urea groups is 1. The number of likely N-dealkylation sites (N-methyl/N-ethyl adjacent to an activating group) is 2. The molecule has 0 aromatic heterocycles. The van der Waals surface area contributed by atoms with Gasteiger partial charge >= 0.3 is 30.3 Å². The molecule has 7 N–H and O–H groups in total. The molecule has 2 unspecified atom stereocenters. The molecule has 0 saturated heterocycles. The van der Waals surface area contributed by atoms with Gasteiger partial charge in [-0.25, -0.2) is 14.4 Å². The molecule has 0 spiro atoms. The van der Waals surface area contributed by atoms with Crippen molar-refractivity contribution in [1.82, 2.24) is 25.8 Å². The average molecular weight is 1170 g/mol. The quantitative estimate of drug-likeness (QED) is 0.0238. The van der Waals surface area contributed by atoms with E-state index in [1.165, 1.54) is 20.9 Å². The van der Waals surface area contributed by atoms with Crippen LogP contribution in [0.5, 0.6) is 5.75 Å². The Bertz CT molecular complexity index is 2350. The number of fused-ring (bicyclic) bond motifs is 5. The monoisotopic (exact) mass is 1170 g/mol. The highest BCUT2D eigenvalue weighted by Crippen LogP contribution is 2.63. The lowest BCUT2D eigenvalue weighted by atomic mass is 9.52. The summed E-state index contributed by atoms with van der Waals surface area (Å²) < 4.78 is 87.3. The van der Waals surface area contributed by atoms with Crippen molar-refractivity contribution in [2.24, 2.45) is 34.8 Å².